The summed E-state index contributed by atoms with van der Waals surface area (Å²) in [5.41, 5.74) is 1.35. The molecule has 0 aliphatic heterocycles. The highest BCUT2D eigenvalue weighted by Crippen LogP contribution is 2.25. The normalized spacial score (nSPS) is 14.2. The molecule has 1 aromatic heterocycles. The van der Waals surface area contributed by atoms with Crippen LogP contribution in [0.25, 0.3) is 0 Å². The van der Waals surface area contributed by atoms with Crippen LogP contribution in [-0.4, -0.2) is 11.0 Å². The van der Waals surface area contributed by atoms with E-state index >= 15 is 0 Å². The molecule has 0 bridgehead atoms. The van der Waals surface area contributed by atoms with Crippen LogP contribution >= 0.6 is 11.3 Å². The molecule has 1 N–H and O–H groups in total. The predicted molar refractivity (Wildman–Crippen MR) is 67.4 cm³/mol. The van der Waals surface area contributed by atoms with Crippen LogP contribution in [0.1, 0.15) is 51.7 Å². The summed E-state index contributed by atoms with van der Waals surface area (Å²) in [5.74, 6) is 0. The molecule has 3 heteroatoms. The molecule has 0 amide bonds. The minimum atomic E-state index is 0.180. The van der Waals surface area contributed by atoms with Crippen molar-refractivity contribution < 1.29 is 0 Å². The molecule has 0 saturated carbocycles. The molecule has 1 unspecified atom stereocenters. The fourth-order valence-electron chi connectivity index (χ4n) is 1.16. The number of nitrogens with zero attached hydrogens (tertiary/aromatic N) is 1. The van der Waals surface area contributed by atoms with Gasteiger partial charge in [-0.05, 0) is 13.3 Å². The van der Waals surface area contributed by atoms with Crippen molar-refractivity contribution in [1.82, 2.24) is 10.3 Å². The lowest BCUT2D eigenvalue weighted by Gasteiger charge is -2.14. The Bertz CT molecular complexity index is 299. The second-order valence-corrected chi connectivity index (χ2v) is 5.94. The summed E-state index contributed by atoms with van der Waals surface area (Å²) in [7, 11) is 0. The van der Waals surface area contributed by atoms with Gasteiger partial charge in [-0.1, -0.05) is 27.7 Å². The van der Waals surface area contributed by atoms with Gasteiger partial charge in [-0.15, -0.1) is 11.3 Å². The molecule has 15 heavy (non-hydrogen) atoms. The second kappa shape index (κ2) is 5.08. The Morgan fingerprint density at radius 1 is 1.47 bits per heavy atom. The molecule has 1 rings (SSSR count). The van der Waals surface area contributed by atoms with E-state index in [4.69, 9.17) is 0 Å². The molecule has 1 heterocycles. The lowest BCUT2D eigenvalue weighted by Crippen LogP contribution is -2.24. The van der Waals surface area contributed by atoms with Gasteiger partial charge in [-0.2, -0.15) is 0 Å². The first-order chi connectivity index (χ1) is 6.93. The van der Waals surface area contributed by atoms with Crippen molar-refractivity contribution in [3.63, 3.8) is 0 Å². The number of rotatable bonds is 4. The topological polar surface area (TPSA) is 24.9 Å². The van der Waals surface area contributed by atoms with Crippen LogP contribution in [0.15, 0.2) is 5.38 Å². The van der Waals surface area contributed by atoms with Gasteiger partial charge >= 0.3 is 0 Å². The van der Waals surface area contributed by atoms with Gasteiger partial charge in [-0.25, -0.2) is 4.98 Å². The van der Waals surface area contributed by atoms with Gasteiger partial charge in [0.15, 0.2) is 0 Å². The Hall–Kier alpha value is -0.410. The Morgan fingerprint density at radius 2 is 2.13 bits per heavy atom. The molecule has 0 aliphatic rings. The van der Waals surface area contributed by atoms with Gasteiger partial charge in [0.1, 0.15) is 0 Å². The van der Waals surface area contributed by atoms with E-state index in [0.717, 1.165) is 13.0 Å². The maximum absolute atomic E-state index is 4.64. The summed E-state index contributed by atoms with van der Waals surface area (Å²) in [4.78, 5) is 4.64. The number of aromatic nitrogens is 1. The fourth-order valence-corrected chi connectivity index (χ4v) is 2.06. The zero-order chi connectivity index (χ0) is 11.5. The maximum atomic E-state index is 4.64. The van der Waals surface area contributed by atoms with Crippen molar-refractivity contribution in [2.24, 2.45) is 0 Å². The summed E-state index contributed by atoms with van der Waals surface area (Å²) in [6.07, 6.45) is 1.16. The van der Waals surface area contributed by atoms with Gasteiger partial charge in [0.2, 0.25) is 0 Å². The average Bonchev–Trinajstić information content (AvgIpc) is 2.61. The highest BCUT2D eigenvalue weighted by Gasteiger charge is 2.17. The molecule has 2 nitrogen and oxygen atoms in total. The van der Waals surface area contributed by atoms with Crippen molar-refractivity contribution >= 4 is 11.3 Å². The largest absolute Gasteiger partial charge is 0.309 e. The van der Waals surface area contributed by atoms with Crippen LogP contribution < -0.4 is 5.32 Å². The van der Waals surface area contributed by atoms with E-state index in [0.29, 0.717) is 6.04 Å². The van der Waals surface area contributed by atoms with Gasteiger partial charge in [-0.3, -0.25) is 0 Å². The van der Waals surface area contributed by atoms with E-state index in [1.165, 1.54) is 10.7 Å². The number of hydrogen-bond donors (Lipinski definition) is 1. The van der Waals surface area contributed by atoms with Gasteiger partial charge in [0.25, 0.3) is 0 Å². The molecule has 0 saturated heterocycles. The van der Waals surface area contributed by atoms with Crippen LogP contribution in [0, 0.1) is 0 Å². The first-order valence-electron chi connectivity index (χ1n) is 5.61. The number of thiazole rings is 1. The van der Waals surface area contributed by atoms with Crippen LogP contribution in [0.2, 0.25) is 0 Å². The molecule has 86 valence electrons. The zero-order valence-corrected chi connectivity index (χ0v) is 11.2. The third-order valence-corrected chi connectivity index (χ3v) is 3.75. The Morgan fingerprint density at radius 3 is 2.60 bits per heavy atom. The molecule has 0 aromatic carbocycles. The van der Waals surface area contributed by atoms with Crippen LogP contribution in [0.3, 0.4) is 0 Å². The average molecular weight is 226 g/mol. The molecule has 0 radical (unpaired) electrons. The standard InChI is InChI=1S/C12H22N2S/c1-6-9(2)13-7-10-8-15-11(14-10)12(3,4)5/h8-9,13H,6-7H2,1-5H3. The summed E-state index contributed by atoms with van der Waals surface area (Å²) in [5, 5.41) is 6.85. The Kier molecular flexibility index (Phi) is 4.29. The monoisotopic (exact) mass is 226 g/mol. The number of hydrogen-bond acceptors (Lipinski definition) is 3. The minimum absolute atomic E-state index is 0.180. The van der Waals surface area contributed by atoms with E-state index in [1.54, 1.807) is 11.3 Å². The smallest absolute Gasteiger partial charge is 0.0982 e. The van der Waals surface area contributed by atoms with E-state index in [2.05, 4.69) is 50.3 Å². The molecule has 0 fully saturated rings. The van der Waals surface area contributed by atoms with E-state index in [9.17, 15) is 0 Å². The van der Waals surface area contributed by atoms with Crippen molar-refractivity contribution in [2.45, 2.75) is 59.0 Å². The third kappa shape index (κ3) is 3.92. The summed E-state index contributed by atoms with van der Waals surface area (Å²) in [6.45, 7) is 11.9. The first kappa shape index (κ1) is 12.7. The molecular weight excluding hydrogens is 204 g/mol. The van der Waals surface area contributed by atoms with Crippen LogP contribution in [-0.2, 0) is 12.0 Å². The zero-order valence-electron chi connectivity index (χ0n) is 10.4. The van der Waals surface area contributed by atoms with E-state index < -0.39 is 0 Å². The quantitative estimate of drug-likeness (QED) is 0.852. The van der Waals surface area contributed by atoms with Crippen molar-refractivity contribution in [3.8, 4) is 0 Å². The van der Waals surface area contributed by atoms with Crippen molar-refractivity contribution in [1.29, 1.82) is 0 Å². The minimum Gasteiger partial charge on any atom is -0.309 e. The van der Waals surface area contributed by atoms with E-state index in [-0.39, 0.29) is 5.41 Å². The third-order valence-electron chi connectivity index (χ3n) is 2.44. The fraction of sp³-hybridized carbons (Fsp3) is 0.750. The van der Waals surface area contributed by atoms with Gasteiger partial charge in [0.05, 0.1) is 10.7 Å². The van der Waals surface area contributed by atoms with Gasteiger partial charge < -0.3 is 5.32 Å². The second-order valence-electron chi connectivity index (χ2n) is 5.08. The Balaban J connectivity index is 2.54. The lowest BCUT2D eigenvalue weighted by atomic mass is 9.98. The molecule has 1 aromatic rings. The molecule has 1 atom stereocenters. The first-order valence-corrected chi connectivity index (χ1v) is 6.49. The Labute approximate surface area is 97.1 Å². The molecule has 0 spiro atoms. The van der Waals surface area contributed by atoms with E-state index in [1.807, 2.05) is 0 Å². The highest BCUT2D eigenvalue weighted by atomic mass is 32.1. The van der Waals surface area contributed by atoms with Crippen LogP contribution in [0.5, 0.6) is 0 Å². The lowest BCUT2D eigenvalue weighted by molar-refractivity contribution is 0.526. The summed E-state index contributed by atoms with van der Waals surface area (Å²) in [6, 6.07) is 0.574. The van der Waals surface area contributed by atoms with Crippen molar-refractivity contribution in [3.05, 3.63) is 16.1 Å². The number of nitrogens with one attached hydrogen (secondary N) is 1. The maximum Gasteiger partial charge on any atom is 0.0982 e. The molecule has 0 aliphatic carbocycles. The van der Waals surface area contributed by atoms with Gasteiger partial charge in [0, 0.05) is 23.4 Å². The highest BCUT2D eigenvalue weighted by molar-refractivity contribution is 7.09. The van der Waals surface area contributed by atoms with Crippen LogP contribution in [0.4, 0.5) is 0 Å². The van der Waals surface area contributed by atoms with Crippen molar-refractivity contribution in [2.75, 3.05) is 0 Å². The predicted octanol–water partition coefficient (Wildman–Crippen LogP) is 3.33. The summed E-state index contributed by atoms with van der Waals surface area (Å²) >= 11 is 1.76. The summed E-state index contributed by atoms with van der Waals surface area (Å²) < 4.78 is 0. The SMILES string of the molecule is CCC(C)NCc1csc(C(C)(C)C)n1. The molecular formula is C12H22N2S.